The van der Waals surface area contributed by atoms with E-state index < -0.39 is 39.2 Å². The van der Waals surface area contributed by atoms with E-state index in [0.29, 0.717) is 5.56 Å². The van der Waals surface area contributed by atoms with Gasteiger partial charge in [0.15, 0.2) is 5.03 Å². The standard InChI is InChI=1S/C19H25N7O8S/c1-34-18(29)13(6-4-9-21-19(20)23-26(32)33)22-15(27)8-10-24-16(28)11-35-17(24)12-5-2-3-7-14(12)25(30)31/h2-3,5,7,13,17H,4,6,8-11H2,1H3,(H,22,27)(H3,20,21,23)/t13-,17?/m0/s1. The minimum Gasteiger partial charge on any atom is -0.467 e. The molecular weight excluding hydrogens is 486 g/mol. The number of nitro groups is 2. The number of methoxy groups -OCH3 is 1. The van der Waals surface area contributed by atoms with E-state index in [0.717, 1.165) is 7.11 Å². The lowest BCUT2D eigenvalue weighted by Crippen LogP contribution is -2.43. The van der Waals surface area contributed by atoms with Crippen LogP contribution in [-0.4, -0.2) is 70.6 Å². The third kappa shape index (κ3) is 8.09. The molecule has 0 radical (unpaired) electrons. The fraction of sp³-hybridized carbons (Fsp3) is 0.474. The Hall–Kier alpha value is -3.95. The van der Waals surface area contributed by atoms with Crippen molar-refractivity contribution in [2.24, 2.45) is 10.7 Å². The molecule has 0 bridgehead atoms. The van der Waals surface area contributed by atoms with E-state index in [4.69, 9.17) is 10.5 Å². The number of aliphatic imine (C=N–C) groups is 1. The van der Waals surface area contributed by atoms with Crippen molar-refractivity contribution in [3.8, 4) is 0 Å². The number of rotatable bonds is 12. The summed E-state index contributed by atoms with van der Waals surface area (Å²) >= 11 is 1.23. The van der Waals surface area contributed by atoms with Crippen molar-refractivity contribution < 1.29 is 29.1 Å². The van der Waals surface area contributed by atoms with E-state index in [1.54, 1.807) is 17.6 Å². The molecule has 16 heteroatoms. The van der Waals surface area contributed by atoms with Crippen LogP contribution in [0.4, 0.5) is 5.69 Å². The van der Waals surface area contributed by atoms with E-state index in [-0.39, 0.29) is 49.7 Å². The zero-order valence-electron chi connectivity index (χ0n) is 18.7. The predicted octanol–water partition coefficient (Wildman–Crippen LogP) is 0.0929. The quantitative estimate of drug-likeness (QED) is 0.0854. The number of carbonyl (C=O) groups excluding carboxylic acids is 3. The Morgan fingerprint density at radius 3 is 2.71 bits per heavy atom. The molecule has 1 aromatic rings. The van der Waals surface area contributed by atoms with Gasteiger partial charge in [-0.25, -0.2) is 19.9 Å². The molecule has 1 fully saturated rings. The van der Waals surface area contributed by atoms with Crippen molar-refractivity contribution in [1.82, 2.24) is 15.6 Å². The number of ether oxygens (including phenoxy) is 1. The lowest BCUT2D eigenvalue weighted by Gasteiger charge is -2.24. The van der Waals surface area contributed by atoms with Gasteiger partial charge in [-0.1, -0.05) is 17.6 Å². The highest BCUT2D eigenvalue weighted by atomic mass is 32.2. The Kier molecular flexibility index (Phi) is 10.2. The summed E-state index contributed by atoms with van der Waals surface area (Å²) < 4.78 is 4.70. The van der Waals surface area contributed by atoms with Crippen LogP contribution in [0.1, 0.15) is 30.2 Å². The number of nitrogens with one attached hydrogen (secondary N) is 2. The molecule has 2 rings (SSSR count). The fourth-order valence-electron chi connectivity index (χ4n) is 3.32. The van der Waals surface area contributed by atoms with E-state index in [2.05, 4.69) is 10.3 Å². The summed E-state index contributed by atoms with van der Waals surface area (Å²) in [6.45, 7) is 0.0583. The molecule has 1 aliphatic rings. The second kappa shape index (κ2) is 13.1. The highest BCUT2D eigenvalue weighted by Crippen LogP contribution is 2.42. The van der Waals surface area contributed by atoms with Crippen molar-refractivity contribution in [3.05, 3.63) is 50.1 Å². The molecule has 2 amide bonds. The summed E-state index contributed by atoms with van der Waals surface area (Å²) in [5.74, 6) is -1.74. The largest absolute Gasteiger partial charge is 0.467 e. The van der Waals surface area contributed by atoms with Crippen molar-refractivity contribution in [1.29, 1.82) is 0 Å². The number of guanidine groups is 1. The van der Waals surface area contributed by atoms with Crippen LogP contribution in [0, 0.1) is 20.2 Å². The molecule has 1 saturated heterocycles. The lowest BCUT2D eigenvalue weighted by molar-refractivity contribution is -0.525. The third-order valence-electron chi connectivity index (χ3n) is 4.91. The van der Waals surface area contributed by atoms with Gasteiger partial charge in [0.05, 0.1) is 23.3 Å². The second-order valence-corrected chi connectivity index (χ2v) is 8.31. The Labute approximate surface area is 203 Å². The molecule has 0 saturated carbocycles. The molecule has 1 aliphatic heterocycles. The SMILES string of the molecule is COC(=O)[C@H](CCCN=C(N)N[N+](=O)[O-])NC(=O)CCN1C(=O)CSC1c1ccccc1[N+](=O)[O-]. The van der Waals surface area contributed by atoms with Crippen LogP contribution in [0.5, 0.6) is 0 Å². The van der Waals surface area contributed by atoms with Gasteiger partial charge in [0.2, 0.25) is 11.8 Å². The van der Waals surface area contributed by atoms with Crippen LogP contribution in [0.2, 0.25) is 0 Å². The van der Waals surface area contributed by atoms with E-state index >= 15 is 0 Å². The highest BCUT2D eigenvalue weighted by molar-refractivity contribution is 8.00. The van der Waals surface area contributed by atoms with E-state index in [1.165, 1.54) is 28.8 Å². The minimum atomic E-state index is -0.998. The number of nitrogens with zero attached hydrogens (tertiary/aromatic N) is 4. The number of nitro benzene ring substituents is 1. The van der Waals surface area contributed by atoms with Gasteiger partial charge in [-0.15, -0.1) is 11.8 Å². The number of hydrazine groups is 1. The molecule has 4 N–H and O–H groups in total. The molecule has 0 aliphatic carbocycles. The maximum absolute atomic E-state index is 12.5. The predicted molar refractivity (Wildman–Crippen MR) is 124 cm³/mol. The molecule has 0 spiro atoms. The first kappa shape index (κ1) is 27.3. The van der Waals surface area contributed by atoms with Gasteiger partial charge in [0.25, 0.3) is 11.6 Å². The number of amides is 2. The number of thioether (sulfide) groups is 1. The van der Waals surface area contributed by atoms with Gasteiger partial charge in [-0.05, 0) is 18.9 Å². The lowest BCUT2D eigenvalue weighted by atomic mass is 10.1. The monoisotopic (exact) mass is 511 g/mol. The number of esters is 1. The Morgan fingerprint density at radius 1 is 1.34 bits per heavy atom. The number of hydrogen-bond acceptors (Lipinski definition) is 10. The van der Waals surface area contributed by atoms with Crippen molar-refractivity contribution in [2.45, 2.75) is 30.7 Å². The first-order chi connectivity index (χ1) is 16.6. The molecule has 1 unspecified atom stereocenters. The summed E-state index contributed by atoms with van der Waals surface area (Å²) in [5.41, 5.74) is 7.25. The summed E-state index contributed by atoms with van der Waals surface area (Å²) in [4.78, 5) is 63.2. The minimum absolute atomic E-state index is 0.00430. The normalized spacial score (nSPS) is 16.5. The number of nitrogens with two attached hydrogens (primary N) is 1. The summed E-state index contributed by atoms with van der Waals surface area (Å²) in [6.07, 6.45) is 0.251. The number of hydrogen-bond donors (Lipinski definition) is 3. The maximum atomic E-state index is 12.5. The fourth-order valence-corrected chi connectivity index (χ4v) is 4.57. The molecule has 1 aromatic carbocycles. The van der Waals surface area contributed by atoms with Crippen LogP contribution < -0.4 is 16.5 Å². The van der Waals surface area contributed by atoms with Crippen molar-refractivity contribution in [3.63, 3.8) is 0 Å². The van der Waals surface area contributed by atoms with Crippen molar-refractivity contribution in [2.75, 3.05) is 26.0 Å². The van der Waals surface area contributed by atoms with E-state index in [9.17, 15) is 34.6 Å². The Morgan fingerprint density at radius 2 is 2.06 bits per heavy atom. The maximum Gasteiger partial charge on any atom is 0.328 e. The van der Waals surface area contributed by atoms with Crippen LogP contribution in [0.15, 0.2) is 29.3 Å². The average molecular weight is 512 g/mol. The number of carbonyl (C=O) groups is 3. The molecule has 2 atom stereocenters. The number of benzene rings is 1. The highest BCUT2D eigenvalue weighted by Gasteiger charge is 2.36. The van der Waals surface area contributed by atoms with Crippen LogP contribution in [-0.2, 0) is 19.1 Å². The van der Waals surface area contributed by atoms with Crippen LogP contribution >= 0.6 is 11.8 Å². The molecule has 35 heavy (non-hydrogen) atoms. The van der Waals surface area contributed by atoms with Gasteiger partial charge < -0.3 is 20.7 Å². The smallest absolute Gasteiger partial charge is 0.328 e. The molecule has 15 nitrogen and oxygen atoms in total. The molecule has 190 valence electrons. The summed E-state index contributed by atoms with van der Waals surface area (Å²) in [7, 11) is 1.16. The average Bonchev–Trinajstić information content (AvgIpc) is 3.18. The zero-order valence-corrected chi connectivity index (χ0v) is 19.6. The second-order valence-electron chi connectivity index (χ2n) is 7.24. The van der Waals surface area contributed by atoms with Crippen LogP contribution in [0.25, 0.3) is 0 Å². The van der Waals surface area contributed by atoms with Gasteiger partial charge in [0, 0.05) is 25.6 Å². The first-order valence-electron chi connectivity index (χ1n) is 10.4. The summed E-state index contributed by atoms with van der Waals surface area (Å²) in [5, 5.41) is 22.7. The molecule has 1 heterocycles. The van der Waals surface area contributed by atoms with Crippen molar-refractivity contribution >= 4 is 41.2 Å². The van der Waals surface area contributed by atoms with Gasteiger partial charge in [0.1, 0.15) is 11.4 Å². The Balaban J connectivity index is 1.96. The van der Waals surface area contributed by atoms with Gasteiger partial charge >= 0.3 is 5.97 Å². The number of para-hydroxylation sites is 1. The summed E-state index contributed by atoms with van der Waals surface area (Å²) in [6, 6.07) is 5.11. The van der Waals surface area contributed by atoms with E-state index in [1.807, 2.05) is 0 Å². The molecule has 0 aromatic heterocycles. The van der Waals surface area contributed by atoms with Gasteiger partial charge in [-0.2, -0.15) is 0 Å². The zero-order chi connectivity index (χ0) is 26.0. The Bertz CT molecular complexity index is 1010. The van der Waals surface area contributed by atoms with Crippen LogP contribution in [0.3, 0.4) is 0 Å². The molecular formula is C19H25N7O8S. The van der Waals surface area contributed by atoms with Gasteiger partial charge in [-0.3, -0.25) is 19.7 Å². The third-order valence-corrected chi connectivity index (χ3v) is 6.14. The first-order valence-corrected chi connectivity index (χ1v) is 11.4. The topological polar surface area (TPSA) is 212 Å².